The fourth-order valence-electron chi connectivity index (χ4n) is 2.74. The van der Waals surface area contributed by atoms with Gasteiger partial charge in [-0.1, -0.05) is 0 Å². The molecule has 5 nitrogen and oxygen atoms in total. The summed E-state index contributed by atoms with van der Waals surface area (Å²) < 4.78 is 0. The van der Waals surface area contributed by atoms with Crippen LogP contribution in [0.4, 0.5) is 0 Å². The quantitative estimate of drug-likeness (QED) is 0.775. The van der Waals surface area contributed by atoms with Crippen LogP contribution in [0.1, 0.15) is 25.7 Å². The molecule has 0 aromatic carbocycles. The lowest BCUT2D eigenvalue weighted by atomic mass is 10.2. The molecule has 0 radical (unpaired) electrons. The molecule has 108 valence electrons. The van der Waals surface area contributed by atoms with Crippen molar-refractivity contribution < 1.29 is 9.59 Å². The van der Waals surface area contributed by atoms with Crippen molar-refractivity contribution in [3.8, 4) is 0 Å². The standard InChI is InChI=1S/C13H23N3O2S/c1-14-13(18)11-3-2-8-16(11)12(17)9-19-10-4-6-15-7-5-10/h10-11,15H,2-9H2,1H3,(H,14,18). The molecule has 0 spiro atoms. The van der Waals surface area contributed by atoms with Crippen molar-refractivity contribution in [2.45, 2.75) is 37.0 Å². The lowest BCUT2D eigenvalue weighted by Gasteiger charge is -2.25. The van der Waals surface area contributed by atoms with E-state index < -0.39 is 0 Å². The number of likely N-dealkylation sites (tertiary alicyclic amines) is 1. The van der Waals surface area contributed by atoms with E-state index in [0.717, 1.165) is 45.3 Å². The van der Waals surface area contributed by atoms with Gasteiger partial charge in [0.1, 0.15) is 6.04 Å². The van der Waals surface area contributed by atoms with Crippen molar-refractivity contribution in [1.29, 1.82) is 0 Å². The molecular weight excluding hydrogens is 262 g/mol. The Morgan fingerprint density at radius 2 is 2.05 bits per heavy atom. The Hall–Kier alpha value is -0.750. The molecule has 6 heteroatoms. The first-order chi connectivity index (χ1) is 9.22. The monoisotopic (exact) mass is 285 g/mol. The SMILES string of the molecule is CNC(=O)C1CCCN1C(=O)CSC1CCNCC1. The molecule has 2 fully saturated rings. The van der Waals surface area contributed by atoms with Crippen molar-refractivity contribution in [3.05, 3.63) is 0 Å². The average molecular weight is 285 g/mol. The van der Waals surface area contributed by atoms with Crippen LogP contribution < -0.4 is 10.6 Å². The summed E-state index contributed by atoms with van der Waals surface area (Å²) in [6.07, 6.45) is 4.00. The summed E-state index contributed by atoms with van der Waals surface area (Å²) >= 11 is 1.75. The predicted molar refractivity (Wildman–Crippen MR) is 77.2 cm³/mol. The number of amides is 2. The molecule has 2 rings (SSSR count). The van der Waals surface area contributed by atoms with Crippen LogP contribution in [0.2, 0.25) is 0 Å². The summed E-state index contributed by atoms with van der Waals surface area (Å²) in [5.74, 6) is 0.602. The van der Waals surface area contributed by atoms with Crippen molar-refractivity contribution >= 4 is 23.6 Å². The molecule has 1 unspecified atom stereocenters. The zero-order valence-electron chi connectivity index (χ0n) is 11.5. The topological polar surface area (TPSA) is 61.4 Å². The summed E-state index contributed by atoms with van der Waals surface area (Å²) in [4.78, 5) is 25.7. The summed E-state index contributed by atoms with van der Waals surface area (Å²) in [5, 5.41) is 6.56. The number of likely N-dealkylation sites (N-methyl/N-ethyl adjacent to an activating group) is 1. The van der Waals surface area contributed by atoms with E-state index in [4.69, 9.17) is 0 Å². The van der Waals surface area contributed by atoms with E-state index >= 15 is 0 Å². The summed E-state index contributed by atoms with van der Waals surface area (Å²) in [5.41, 5.74) is 0. The molecule has 2 N–H and O–H groups in total. The van der Waals surface area contributed by atoms with Crippen LogP contribution in [-0.4, -0.2) is 60.4 Å². The molecule has 0 aromatic heterocycles. The third-order valence-electron chi connectivity index (χ3n) is 3.85. The predicted octanol–water partition coefficient (Wildman–Crippen LogP) is 0.209. The Bertz CT molecular complexity index is 332. The molecule has 1 atom stereocenters. The molecular formula is C13H23N3O2S. The lowest BCUT2D eigenvalue weighted by Crippen LogP contribution is -2.45. The minimum Gasteiger partial charge on any atom is -0.357 e. The van der Waals surface area contributed by atoms with Gasteiger partial charge in [-0.3, -0.25) is 9.59 Å². The van der Waals surface area contributed by atoms with Gasteiger partial charge in [-0.05, 0) is 38.8 Å². The Labute approximate surface area is 118 Å². The average Bonchev–Trinajstić information content (AvgIpc) is 2.94. The first-order valence-electron chi connectivity index (χ1n) is 7.05. The second-order valence-electron chi connectivity index (χ2n) is 5.12. The third kappa shape index (κ3) is 3.86. The van der Waals surface area contributed by atoms with Gasteiger partial charge < -0.3 is 15.5 Å². The highest BCUT2D eigenvalue weighted by Crippen LogP contribution is 2.23. The maximum absolute atomic E-state index is 12.2. The number of nitrogens with one attached hydrogen (secondary N) is 2. The molecule has 2 aliphatic heterocycles. The van der Waals surface area contributed by atoms with E-state index in [0.29, 0.717) is 11.0 Å². The van der Waals surface area contributed by atoms with Gasteiger partial charge >= 0.3 is 0 Å². The number of thioether (sulfide) groups is 1. The maximum Gasteiger partial charge on any atom is 0.242 e. The number of hydrogen-bond acceptors (Lipinski definition) is 4. The molecule has 2 heterocycles. The van der Waals surface area contributed by atoms with Gasteiger partial charge in [-0.25, -0.2) is 0 Å². The second-order valence-corrected chi connectivity index (χ2v) is 6.41. The van der Waals surface area contributed by atoms with Crippen LogP contribution >= 0.6 is 11.8 Å². The molecule has 0 aromatic rings. The molecule has 19 heavy (non-hydrogen) atoms. The van der Waals surface area contributed by atoms with Gasteiger partial charge in [0, 0.05) is 18.8 Å². The van der Waals surface area contributed by atoms with Gasteiger partial charge in [0.15, 0.2) is 0 Å². The maximum atomic E-state index is 12.2. The number of nitrogens with zero attached hydrogens (tertiary/aromatic N) is 1. The highest BCUT2D eigenvalue weighted by atomic mass is 32.2. The van der Waals surface area contributed by atoms with Crippen LogP contribution in [0, 0.1) is 0 Å². The molecule has 2 aliphatic rings. The van der Waals surface area contributed by atoms with Crippen molar-refractivity contribution in [1.82, 2.24) is 15.5 Å². The van der Waals surface area contributed by atoms with Crippen LogP contribution in [0.25, 0.3) is 0 Å². The van der Waals surface area contributed by atoms with Crippen LogP contribution in [0.15, 0.2) is 0 Å². The van der Waals surface area contributed by atoms with E-state index in [1.165, 1.54) is 0 Å². The normalized spacial score (nSPS) is 24.5. The van der Waals surface area contributed by atoms with Crippen molar-refractivity contribution in [2.75, 3.05) is 32.4 Å². The van der Waals surface area contributed by atoms with Crippen molar-refractivity contribution in [2.24, 2.45) is 0 Å². The Morgan fingerprint density at radius 3 is 2.74 bits per heavy atom. The number of carbonyl (C=O) groups is 2. The molecule has 2 saturated heterocycles. The lowest BCUT2D eigenvalue weighted by molar-refractivity contribution is -0.136. The highest BCUT2D eigenvalue weighted by Gasteiger charge is 2.33. The Balaban J connectivity index is 1.79. The molecule has 0 aliphatic carbocycles. The highest BCUT2D eigenvalue weighted by molar-refractivity contribution is 8.00. The zero-order valence-corrected chi connectivity index (χ0v) is 12.3. The summed E-state index contributed by atoms with van der Waals surface area (Å²) in [7, 11) is 1.63. The van der Waals surface area contributed by atoms with E-state index in [2.05, 4.69) is 10.6 Å². The zero-order chi connectivity index (χ0) is 13.7. The van der Waals surface area contributed by atoms with E-state index in [1.54, 1.807) is 23.7 Å². The van der Waals surface area contributed by atoms with E-state index in [-0.39, 0.29) is 17.9 Å². The van der Waals surface area contributed by atoms with E-state index in [9.17, 15) is 9.59 Å². The van der Waals surface area contributed by atoms with Gasteiger partial charge in [0.05, 0.1) is 5.75 Å². The Morgan fingerprint density at radius 1 is 1.32 bits per heavy atom. The summed E-state index contributed by atoms with van der Waals surface area (Å²) in [6, 6.07) is -0.244. The van der Waals surface area contributed by atoms with Crippen LogP contribution in [0.3, 0.4) is 0 Å². The van der Waals surface area contributed by atoms with Crippen LogP contribution in [0.5, 0.6) is 0 Å². The van der Waals surface area contributed by atoms with Crippen molar-refractivity contribution in [3.63, 3.8) is 0 Å². The van der Waals surface area contributed by atoms with Gasteiger partial charge in [0.2, 0.25) is 11.8 Å². The summed E-state index contributed by atoms with van der Waals surface area (Å²) in [6.45, 7) is 2.83. The van der Waals surface area contributed by atoms with Crippen LogP contribution in [-0.2, 0) is 9.59 Å². The fourth-order valence-corrected chi connectivity index (χ4v) is 3.85. The first-order valence-corrected chi connectivity index (χ1v) is 8.10. The van der Waals surface area contributed by atoms with Gasteiger partial charge in [-0.15, -0.1) is 11.8 Å². The molecule has 2 amide bonds. The van der Waals surface area contributed by atoms with E-state index in [1.807, 2.05) is 0 Å². The third-order valence-corrected chi connectivity index (χ3v) is 5.21. The Kier molecular flexibility index (Phi) is 5.51. The smallest absolute Gasteiger partial charge is 0.242 e. The minimum atomic E-state index is -0.244. The minimum absolute atomic E-state index is 0.0299. The number of piperidine rings is 1. The van der Waals surface area contributed by atoms with Gasteiger partial charge in [-0.2, -0.15) is 0 Å². The second kappa shape index (κ2) is 7.14. The fraction of sp³-hybridized carbons (Fsp3) is 0.846. The first kappa shape index (κ1) is 14.7. The number of carbonyl (C=O) groups excluding carboxylic acids is 2. The molecule has 0 saturated carbocycles. The largest absolute Gasteiger partial charge is 0.357 e. The number of rotatable bonds is 4. The number of hydrogen-bond donors (Lipinski definition) is 2. The van der Waals surface area contributed by atoms with Gasteiger partial charge in [0.25, 0.3) is 0 Å². The molecule has 0 bridgehead atoms.